The van der Waals surface area contributed by atoms with Crippen molar-refractivity contribution < 1.29 is 4.79 Å². The van der Waals surface area contributed by atoms with Crippen molar-refractivity contribution in [2.45, 2.75) is 33.2 Å². The molecule has 1 amide bonds. The average Bonchev–Trinajstić information content (AvgIpc) is 3.02. The second-order valence-electron chi connectivity index (χ2n) is 5.25. The van der Waals surface area contributed by atoms with E-state index in [2.05, 4.69) is 27.6 Å². The highest BCUT2D eigenvalue weighted by Crippen LogP contribution is 2.34. The summed E-state index contributed by atoms with van der Waals surface area (Å²) in [6.07, 6.45) is 0. The molecule has 4 nitrogen and oxygen atoms in total. The summed E-state index contributed by atoms with van der Waals surface area (Å²) in [6.45, 7) is 3.78. The average molecular weight is 388 g/mol. The van der Waals surface area contributed by atoms with Gasteiger partial charge in [0.2, 0.25) is 5.91 Å². The number of para-hydroxylation sites is 1. The van der Waals surface area contributed by atoms with Crippen LogP contribution in [-0.4, -0.2) is 21.4 Å². The quantitative estimate of drug-likeness (QED) is 0.595. The Bertz CT molecular complexity index is 852. The first-order valence-electron chi connectivity index (χ1n) is 7.71. The molecule has 1 heterocycles. The number of nitrogens with zero attached hydrogens (tertiary/aromatic N) is 2. The Morgan fingerprint density at radius 1 is 1.08 bits per heavy atom. The van der Waals surface area contributed by atoms with Crippen molar-refractivity contribution in [3.05, 3.63) is 59.6 Å². The number of thioether (sulfide) groups is 1. The van der Waals surface area contributed by atoms with Crippen molar-refractivity contribution in [3.63, 3.8) is 0 Å². The summed E-state index contributed by atoms with van der Waals surface area (Å²) >= 11 is 4.56. The van der Waals surface area contributed by atoms with Crippen LogP contribution in [-0.2, 0) is 4.79 Å². The van der Waals surface area contributed by atoms with Crippen LogP contribution in [0.25, 0.3) is 0 Å². The maximum absolute atomic E-state index is 12.5. The number of aromatic nitrogens is 2. The number of aryl methyl sites for hydroxylation is 1. The molecule has 0 aliphatic carbocycles. The molecule has 1 unspecified atom stereocenters. The van der Waals surface area contributed by atoms with Gasteiger partial charge in [-0.2, -0.15) is 0 Å². The Morgan fingerprint density at radius 3 is 2.52 bits per heavy atom. The Kier molecular flexibility index (Phi) is 6.12. The minimum Gasteiger partial charge on any atom is -0.324 e. The van der Waals surface area contributed by atoms with Gasteiger partial charge in [-0.15, -0.1) is 10.2 Å². The van der Waals surface area contributed by atoms with Gasteiger partial charge in [0, 0.05) is 9.79 Å². The molecule has 0 spiro atoms. The monoisotopic (exact) mass is 387 g/mol. The van der Waals surface area contributed by atoms with E-state index in [0.717, 1.165) is 24.8 Å². The highest BCUT2D eigenvalue weighted by atomic mass is 32.2. The number of hydrogen-bond donors (Lipinski definition) is 1. The lowest BCUT2D eigenvalue weighted by Gasteiger charge is -2.13. The van der Waals surface area contributed by atoms with E-state index in [1.807, 2.05) is 56.3 Å². The van der Waals surface area contributed by atoms with Gasteiger partial charge in [0.15, 0.2) is 4.34 Å². The van der Waals surface area contributed by atoms with Gasteiger partial charge >= 0.3 is 0 Å². The van der Waals surface area contributed by atoms with E-state index in [0.29, 0.717) is 0 Å². The highest BCUT2D eigenvalue weighted by Gasteiger charge is 2.18. The van der Waals surface area contributed by atoms with Gasteiger partial charge in [0.05, 0.1) is 10.9 Å². The molecule has 7 heteroatoms. The summed E-state index contributed by atoms with van der Waals surface area (Å²) in [7, 11) is 0. The molecular formula is C18H17N3OS3. The molecule has 0 radical (unpaired) electrons. The van der Waals surface area contributed by atoms with Crippen LogP contribution in [0, 0.1) is 6.92 Å². The largest absolute Gasteiger partial charge is 0.324 e. The van der Waals surface area contributed by atoms with Crippen molar-refractivity contribution in [1.29, 1.82) is 0 Å². The first-order chi connectivity index (χ1) is 12.1. The third-order valence-corrected chi connectivity index (χ3v) is 6.38. The van der Waals surface area contributed by atoms with Gasteiger partial charge < -0.3 is 5.32 Å². The predicted molar refractivity (Wildman–Crippen MR) is 106 cm³/mol. The fraction of sp³-hybridized carbons (Fsp3) is 0.167. The summed E-state index contributed by atoms with van der Waals surface area (Å²) in [5.74, 6) is -0.0426. The fourth-order valence-electron chi connectivity index (χ4n) is 2.04. The van der Waals surface area contributed by atoms with Crippen LogP contribution in [0.2, 0.25) is 0 Å². The number of hydrogen-bond acceptors (Lipinski definition) is 6. The Hall–Kier alpha value is -1.83. The third-order valence-electron chi connectivity index (χ3n) is 3.27. The fourth-order valence-corrected chi connectivity index (χ4v) is 4.92. The predicted octanol–water partition coefficient (Wildman–Crippen LogP) is 5.12. The number of benzene rings is 2. The lowest BCUT2D eigenvalue weighted by molar-refractivity contribution is -0.115. The second-order valence-corrected chi connectivity index (χ2v) is 9.13. The van der Waals surface area contributed by atoms with Gasteiger partial charge in [-0.05, 0) is 38.1 Å². The maximum Gasteiger partial charge on any atom is 0.237 e. The summed E-state index contributed by atoms with van der Waals surface area (Å²) in [5.41, 5.74) is 0.822. The van der Waals surface area contributed by atoms with E-state index in [9.17, 15) is 4.79 Å². The first kappa shape index (κ1) is 18.0. The molecule has 1 N–H and O–H groups in total. The van der Waals surface area contributed by atoms with Crippen LogP contribution >= 0.6 is 34.9 Å². The van der Waals surface area contributed by atoms with E-state index in [4.69, 9.17) is 0 Å². The smallest absolute Gasteiger partial charge is 0.237 e. The molecule has 2 aromatic carbocycles. The molecular weight excluding hydrogens is 370 g/mol. The number of carbonyl (C=O) groups excluding carboxylic acids is 1. The zero-order valence-electron chi connectivity index (χ0n) is 13.8. The molecule has 0 saturated carbocycles. The van der Waals surface area contributed by atoms with Crippen LogP contribution in [0.3, 0.4) is 0 Å². The summed E-state index contributed by atoms with van der Waals surface area (Å²) in [5, 5.41) is 11.7. The molecule has 0 bridgehead atoms. The van der Waals surface area contributed by atoms with E-state index in [1.165, 1.54) is 23.1 Å². The summed E-state index contributed by atoms with van der Waals surface area (Å²) in [4.78, 5) is 14.7. The summed E-state index contributed by atoms with van der Waals surface area (Å²) in [6, 6.07) is 18.0. The molecule has 0 aliphatic rings. The molecule has 128 valence electrons. The Balaban J connectivity index is 1.68. The standard InChI is InChI=1S/C18H17N3OS3/c1-12(23-18-21-20-13(2)24-18)17(22)19-15-10-6-7-11-16(15)25-14-8-4-3-5-9-14/h3-12H,1-2H3,(H,19,22). The number of anilines is 1. The zero-order valence-corrected chi connectivity index (χ0v) is 16.3. The van der Waals surface area contributed by atoms with Crippen molar-refractivity contribution in [2.75, 3.05) is 5.32 Å². The van der Waals surface area contributed by atoms with Gasteiger partial charge in [0.1, 0.15) is 5.01 Å². The minimum atomic E-state index is -0.248. The second kappa shape index (κ2) is 8.51. The SMILES string of the molecule is Cc1nnc(SC(C)C(=O)Nc2ccccc2Sc2ccccc2)s1. The minimum absolute atomic E-state index is 0.0426. The maximum atomic E-state index is 12.5. The number of carbonyl (C=O) groups is 1. The number of amides is 1. The number of rotatable bonds is 6. The van der Waals surface area contributed by atoms with E-state index < -0.39 is 0 Å². The molecule has 25 heavy (non-hydrogen) atoms. The molecule has 3 rings (SSSR count). The van der Waals surface area contributed by atoms with Crippen molar-refractivity contribution in [2.24, 2.45) is 0 Å². The first-order valence-corrected chi connectivity index (χ1v) is 10.2. The zero-order chi connectivity index (χ0) is 17.6. The van der Waals surface area contributed by atoms with Crippen LogP contribution in [0.1, 0.15) is 11.9 Å². The number of nitrogens with one attached hydrogen (secondary N) is 1. The van der Waals surface area contributed by atoms with E-state index >= 15 is 0 Å². The van der Waals surface area contributed by atoms with Gasteiger partial charge in [-0.1, -0.05) is 65.2 Å². The molecule has 0 aliphatic heterocycles. The van der Waals surface area contributed by atoms with Crippen LogP contribution in [0.15, 0.2) is 68.7 Å². The van der Waals surface area contributed by atoms with Crippen LogP contribution in [0.4, 0.5) is 5.69 Å². The third kappa shape index (κ3) is 5.07. The highest BCUT2D eigenvalue weighted by molar-refractivity contribution is 8.02. The van der Waals surface area contributed by atoms with Gasteiger partial charge in [0.25, 0.3) is 0 Å². The van der Waals surface area contributed by atoms with Crippen LogP contribution in [0.5, 0.6) is 0 Å². The lowest BCUT2D eigenvalue weighted by Crippen LogP contribution is -2.22. The van der Waals surface area contributed by atoms with Gasteiger partial charge in [-0.25, -0.2) is 0 Å². The molecule has 0 saturated heterocycles. The van der Waals surface area contributed by atoms with Crippen molar-refractivity contribution >= 4 is 46.5 Å². The Labute approximate surface area is 159 Å². The van der Waals surface area contributed by atoms with Crippen molar-refractivity contribution in [3.8, 4) is 0 Å². The lowest BCUT2D eigenvalue weighted by atomic mass is 10.3. The molecule has 1 atom stereocenters. The van der Waals surface area contributed by atoms with E-state index in [1.54, 1.807) is 11.8 Å². The molecule has 1 aromatic heterocycles. The van der Waals surface area contributed by atoms with E-state index in [-0.39, 0.29) is 11.2 Å². The normalized spacial score (nSPS) is 11.9. The Morgan fingerprint density at radius 2 is 1.80 bits per heavy atom. The van der Waals surface area contributed by atoms with Crippen molar-refractivity contribution in [1.82, 2.24) is 10.2 Å². The summed E-state index contributed by atoms with van der Waals surface area (Å²) < 4.78 is 0.812. The van der Waals surface area contributed by atoms with Gasteiger partial charge in [-0.3, -0.25) is 4.79 Å². The van der Waals surface area contributed by atoms with Crippen LogP contribution < -0.4 is 5.32 Å². The topological polar surface area (TPSA) is 54.9 Å². The molecule has 3 aromatic rings. The molecule has 0 fully saturated rings.